The fourth-order valence-corrected chi connectivity index (χ4v) is 3.73. The Balaban J connectivity index is 2.08. The average Bonchev–Trinajstić information content (AvgIpc) is 2.78. The Labute approximate surface area is 178 Å². The number of pyridine rings is 1. The maximum absolute atomic E-state index is 5.45. The summed E-state index contributed by atoms with van der Waals surface area (Å²) < 4.78 is 10.8. The second-order valence-electron chi connectivity index (χ2n) is 7.17. The summed E-state index contributed by atoms with van der Waals surface area (Å²) in [6.07, 6.45) is 5.98. The van der Waals surface area contributed by atoms with Crippen molar-refractivity contribution in [2.75, 3.05) is 27.3 Å². The van der Waals surface area contributed by atoms with Crippen LogP contribution < -0.4 is 9.47 Å². The molecule has 0 radical (unpaired) electrons. The molecular formula is C24H28N4O2. The van der Waals surface area contributed by atoms with Gasteiger partial charge in [-0.3, -0.25) is 9.88 Å². The molecule has 0 saturated heterocycles. The third kappa shape index (κ3) is 4.52. The van der Waals surface area contributed by atoms with Crippen molar-refractivity contribution in [1.29, 1.82) is 0 Å². The molecule has 1 atom stereocenters. The first kappa shape index (κ1) is 21.5. The quantitative estimate of drug-likeness (QED) is 0.559. The van der Waals surface area contributed by atoms with Crippen molar-refractivity contribution in [2.24, 2.45) is 0 Å². The summed E-state index contributed by atoms with van der Waals surface area (Å²) in [5.74, 6) is 8.11. The Morgan fingerprint density at radius 3 is 2.30 bits per heavy atom. The third-order valence-corrected chi connectivity index (χ3v) is 5.35. The predicted octanol–water partition coefficient (Wildman–Crippen LogP) is 3.74. The fraction of sp³-hybridized carbons (Fsp3) is 0.375. The predicted molar refractivity (Wildman–Crippen MR) is 119 cm³/mol. The van der Waals surface area contributed by atoms with E-state index in [1.165, 1.54) is 11.9 Å². The van der Waals surface area contributed by atoms with E-state index in [1.54, 1.807) is 14.2 Å². The number of methoxy groups -OCH3 is 2. The standard InChI is InChI=1S/C24H28N4O2/c1-6-28(7-2)24(3,16-18-9-12-25-13-10-18)11-8-20-19-14-22(29-4)23(30-5)15-21(19)27-17-26-20/h9-10,12-15,17H,6-7,16H2,1-5H3/t24-/m0/s1. The van der Waals surface area contributed by atoms with Gasteiger partial charge < -0.3 is 9.47 Å². The molecule has 0 fully saturated rings. The number of hydrogen-bond donors (Lipinski definition) is 0. The van der Waals surface area contributed by atoms with Crippen molar-refractivity contribution in [1.82, 2.24) is 19.9 Å². The maximum Gasteiger partial charge on any atom is 0.162 e. The molecule has 0 unspecified atom stereocenters. The summed E-state index contributed by atoms with van der Waals surface area (Å²) >= 11 is 0. The van der Waals surface area contributed by atoms with Crippen LogP contribution in [0.5, 0.6) is 11.5 Å². The zero-order valence-electron chi connectivity index (χ0n) is 18.3. The van der Waals surface area contributed by atoms with Gasteiger partial charge in [0.1, 0.15) is 12.0 Å². The molecule has 2 heterocycles. The monoisotopic (exact) mass is 404 g/mol. The molecule has 0 aliphatic heterocycles. The number of aromatic nitrogens is 3. The van der Waals surface area contributed by atoms with Crippen LogP contribution in [0.4, 0.5) is 0 Å². The minimum Gasteiger partial charge on any atom is -0.493 e. The minimum absolute atomic E-state index is 0.349. The van der Waals surface area contributed by atoms with Crippen LogP contribution in [0.15, 0.2) is 43.0 Å². The summed E-state index contributed by atoms with van der Waals surface area (Å²) in [6, 6.07) is 7.82. The van der Waals surface area contributed by atoms with Crippen LogP contribution in [0, 0.1) is 11.8 Å². The first-order valence-corrected chi connectivity index (χ1v) is 10.1. The molecule has 6 nitrogen and oxygen atoms in total. The van der Waals surface area contributed by atoms with E-state index in [4.69, 9.17) is 9.47 Å². The molecular weight excluding hydrogens is 376 g/mol. The SMILES string of the molecule is CCN(CC)[C@@](C)(C#Cc1ncnc2cc(OC)c(OC)cc12)Cc1ccncc1. The van der Waals surface area contributed by atoms with Crippen molar-refractivity contribution in [3.8, 4) is 23.3 Å². The zero-order valence-corrected chi connectivity index (χ0v) is 18.3. The molecule has 0 amide bonds. The highest BCUT2D eigenvalue weighted by Gasteiger charge is 2.28. The first-order valence-electron chi connectivity index (χ1n) is 10.1. The highest BCUT2D eigenvalue weighted by Crippen LogP contribution is 2.32. The molecule has 0 saturated carbocycles. The summed E-state index contributed by atoms with van der Waals surface area (Å²) in [5, 5.41) is 0.841. The van der Waals surface area contributed by atoms with E-state index in [9.17, 15) is 0 Å². The van der Waals surface area contributed by atoms with Crippen LogP contribution >= 0.6 is 0 Å². The van der Waals surface area contributed by atoms with Gasteiger partial charge in [0.2, 0.25) is 0 Å². The van der Waals surface area contributed by atoms with Crippen LogP contribution in [-0.4, -0.2) is 52.7 Å². The van der Waals surface area contributed by atoms with Gasteiger partial charge in [0, 0.05) is 30.3 Å². The van der Waals surface area contributed by atoms with Crippen molar-refractivity contribution in [2.45, 2.75) is 32.7 Å². The molecule has 0 aliphatic carbocycles. The van der Waals surface area contributed by atoms with E-state index in [0.29, 0.717) is 17.2 Å². The van der Waals surface area contributed by atoms with Gasteiger partial charge in [0.25, 0.3) is 0 Å². The Morgan fingerprint density at radius 2 is 1.67 bits per heavy atom. The number of likely N-dealkylation sites (N-methyl/N-ethyl adjacent to an activating group) is 1. The van der Waals surface area contributed by atoms with E-state index >= 15 is 0 Å². The lowest BCUT2D eigenvalue weighted by molar-refractivity contribution is 0.171. The number of rotatable bonds is 7. The molecule has 30 heavy (non-hydrogen) atoms. The topological polar surface area (TPSA) is 60.4 Å². The molecule has 0 N–H and O–H groups in total. The van der Waals surface area contributed by atoms with Crippen LogP contribution in [-0.2, 0) is 6.42 Å². The van der Waals surface area contributed by atoms with Crippen molar-refractivity contribution in [3.63, 3.8) is 0 Å². The van der Waals surface area contributed by atoms with Gasteiger partial charge in [0.15, 0.2) is 11.5 Å². The summed E-state index contributed by atoms with van der Waals surface area (Å²) in [7, 11) is 3.23. The van der Waals surface area contributed by atoms with Crippen molar-refractivity contribution < 1.29 is 9.47 Å². The molecule has 1 aromatic carbocycles. The largest absolute Gasteiger partial charge is 0.493 e. The smallest absolute Gasteiger partial charge is 0.162 e. The lowest BCUT2D eigenvalue weighted by Gasteiger charge is -2.36. The molecule has 0 bridgehead atoms. The molecule has 3 aromatic rings. The van der Waals surface area contributed by atoms with Crippen LogP contribution in [0.3, 0.4) is 0 Å². The highest BCUT2D eigenvalue weighted by molar-refractivity contribution is 5.86. The maximum atomic E-state index is 5.45. The summed E-state index contributed by atoms with van der Waals surface area (Å²) in [5.41, 5.74) is 2.30. The fourth-order valence-electron chi connectivity index (χ4n) is 3.73. The van der Waals surface area contributed by atoms with Crippen LogP contribution in [0.2, 0.25) is 0 Å². The number of hydrogen-bond acceptors (Lipinski definition) is 6. The third-order valence-electron chi connectivity index (χ3n) is 5.35. The minimum atomic E-state index is -0.349. The number of nitrogens with zero attached hydrogens (tertiary/aromatic N) is 4. The van der Waals surface area contributed by atoms with Gasteiger partial charge in [-0.15, -0.1) is 0 Å². The lowest BCUT2D eigenvalue weighted by atomic mass is 9.91. The summed E-state index contributed by atoms with van der Waals surface area (Å²) in [6.45, 7) is 8.31. The van der Waals surface area contributed by atoms with Gasteiger partial charge in [-0.2, -0.15) is 0 Å². The number of ether oxygens (including phenoxy) is 2. The van der Waals surface area contributed by atoms with Crippen molar-refractivity contribution in [3.05, 3.63) is 54.2 Å². The Kier molecular flexibility index (Phi) is 6.86. The van der Waals surface area contributed by atoms with E-state index in [2.05, 4.69) is 52.5 Å². The first-order chi connectivity index (χ1) is 14.5. The molecule has 0 spiro atoms. The van der Waals surface area contributed by atoms with E-state index < -0.39 is 0 Å². The molecule has 0 aliphatic rings. The van der Waals surface area contributed by atoms with Gasteiger partial charge in [0.05, 0.1) is 25.3 Å². The second-order valence-corrected chi connectivity index (χ2v) is 7.17. The van der Waals surface area contributed by atoms with Crippen LogP contribution in [0.25, 0.3) is 10.9 Å². The van der Waals surface area contributed by atoms with E-state index in [1.807, 2.05) is 36.7 Å². The molecule has 156 valence electrons. The second kappa shape index (κ2) is 9.55. The Morgan fingerprint density at radius 1 is 1.00 bits per heavy atom. The molecule has 2 aromatic heterocycles. The normalized spacial score (nSPS) is 12.9. The Hall–Kier alpha value is -3.17. The van der Waals surface area contributed by atoms with Crippen molar-refractivity contribution >= 4 is 10.9 Å². The highest BCUT2D eigenvalue weighted by atomic mass is 16.5. The van der Waals surface area contributed by atoms with Gasteiger partial charge in [-0.1, -0.05) is 19.8 Å². The Bertz CT molecular complexity index is 1060. The zero-order chi connectivity index (χ0) is 21.6. The molecule has 6 heteroatoms. The van der Waals surface area contributed by atoms with E-state index in [-0.39, 0.29) is 5.54 Å². The summed E-state index contributed by atoms with van der Waals surface area (Å²) in [4.78, 5) is 15.3. The number of benzene rings is 1. The van der Waals surface area contributed by atoms with Crippen LogP contribution in [0.1, 0.15) is 32.0 Å². The van der Waals surface area contributed by atoms with Gasteiger partial charge >= 0.3 is 0 Å². The molecule has 3 rings (SSSR count). The van der Waals surface area contributed by atoms with Gasteiger partial charge in [-0.05, 0) is 49.7 Å². The van der Waals surface area contributed by atoms with Gasteiger partial charge in [-0.25, -0.2) is 9.97 Å². The average molecular weight is 405 g/mol. The number of fused-ring (bicyclic) bond motifs is 1. The lowest BCUT2D eigenvalue weighted by Crippen LogP contribution is -2.47. The van der Waals surface area contributed by atoms with E-state index in [0.717, 1.165) is 30.4 Å².